The summed E-state index contributed by atoms with van der Waals surface area (Å²) >= 11 is 1.58. The molecule has 0 aromatic heterocycles. The second-order valence-corrected chi connectivity index (χ2v) is 8.38. The van der Waals surface area contributed by atoms with Gasteiger partial charge < -0.3 is 15.0 Å². The third-order valence-electron chi connectivity index (χ3n) is 4.99. The van der Waals surface area contributed by atoms with Gasteiger partial charge in [-0.2, -0.15) is 0 Å². The third-order valence-corrected chi connectivity index (χ3v) is 6.07. The molecule has 3 aromatic rings. The Balaban J connectivity index is 1.38. The summed E-state index contributed by atoms with van der Waals surface area (Å²) < 4.78 is 5.64. The van der Waals surface area contributed by atoms with Crippen molar-refractivity contribution < 1.29 is 14.3 Å². The fraction of sp³-hybridized carbons (Fsp3) is 0.200. The van der Waals surface area contributed by atoms with E-state index in [2.05, 4.69) is 5.32 Å². The van der Waals surface area contributed by atoms with E-state index in [0.717, 1.165) is 21.0 Å². The maximum absolute atomic E-state index is 12.8. The molecule has 0 spiro atoms. The zero-order chi connectivity index (χ0) is 21.5. The summed E-state index contributed by atoms with van der Waals surface area (Å²) in [4.78, 5) is 29.4. The van der Waals surface area contributed by atoms with E-state index >= 15 is 0 Å². The minimum absolute atomic E-state index is 0.00550. The van der Waals surface area contributed by atoms with Gasteiger partial charge in [0.2, 0.25) is 5.91 Å². The Hall–Kier alpha value is -3.09. The average molecular weight is 433 g/mol. The van der Waals surface area contributed by atoms with E-state index in [1.165, 1.54) is 0 Å². The third kappa shape index (κ3) is 5.75. The summed E-state index contributed by atoms with van der Waals surface area (Å²) in [5.74, 6) is -0.377. The van der Waals surface area contributed by atoms with Crippen molar-refractivity contribution in [3.8, 4) is 0 Å². The molecule has 1 N–H and O–H groups in total. The first-order valence-electron chi connectivity index (χ1n) is 10.2. The second-order valence-electron chi connectivity index (χ2n) is 7.27. The number of amides is 2. The van der Waals surface area contributed by atoms with Crippen LogP contribution >= 0.6 is 11.8 Å². The highest BCUT2D eigenvalue weighted by Gasteiger charge is 2.31. The Morgan fingerprint density at radius 1 is 0.968 bits per heavy atom. The zero-order valence-corrected chi connectivity index (χ0v) is 17.9. The highest BCUT2D eigenvalue weighted by atomic mass is 32.2. The van der Waals surface area contributed by atoms with E-state index < -0.39 is 6.10 Å². The molecule has 0 radical (unpaired) electrons. The average Bonchev–Trinajstić information content (AvgIpc) is 2.79. The van der Waals surface area contributed by atoms with Gasteiger partial charge in [0, 0.05) is 22.9 Å². The van der Waals surface area contributed by atoms with Crippen molar-refractivity contribution in [2.45, 2.75) is 28.9 Å². The van der Waals surface area contributed by atoms with Crippen LogP contribution in [-0.4, -0.2) is 36.0 Å². The summed E-state index contributed by atoms with van der Waals surface area (Å²) in [5.41, 5.74) is 1.79. The van der Waals surface area contributed by atoms with E-state index in [1.807, 2.05) is 84.9 Å². The lowest BCUT2D eigenvalue weighted by molar-refractivity contribution is -0.155. The lowest BCUT2D eigenvalue weighted by Gasteiger charge is -2.32. The summed E-state index contributed by atoms with van der Waals surface area (Å²) in [5, 5.41) is 2.95. The van der Waals surface area contributed by atoms with Gasteiger partial charge in [0.25, 0.3) is 5.91 Å². The molecule has 158 valence electrons. The first-order valence-corrected chi connectivity index (χ1v) is 11.1. The maximum Gasteiger partial charge on any atom is 0.252 e. The number of morpholine rings is 1. The van der Waals surface area contributed by atoms with Crippen LogP contribution in [0, 0.1) is 0 Å². The van der Waals surface area contributed by atoms with Gasteiger partial charge in [0.1, 0.15) is 6.10 Å². The van der Waals surface area contributed by atoms with Gasteiger partial charge >= 0.3 is 0 Å². The number of hydrogen-bond acceptors (Lipinski definition) is 4. The van der Waals surface area contributed by atoms with Gasteiger partial charge in [-0.3, -0.25) is 9.59 Å². The largest absolute Gasteiger partial charge is 0.366 e. The molecule has 1 heterocycles. The quantitative estimate of drug-likeness (QED) is 0.593. The van der Waals surface area contributed by atoms with Gasteiger partial charge in [-0.1, -0.05) is 72.4 Å². The van der Waals surface area contributed by atoms with E-state index in [0.29, 0.717) is 19.7 Å². The molecule has 2 amide bonds. The minimum atomic E-state index is -0.758. The fourth-order valence-electron chi connectivity index (χ4n) is 3.44. The predicted molar refractivity (Wildman–Crippen MR) is 122 cm³/mol. The number of anilines is 1. The topological polar surface area (TPSA) is 58.6 Å². The van der Waals surface area contributed by atoms with Crippen molar-refractivity contribution in [1.29, 1.82) is 0 Å². The Morgan fingerprint density at radius 3 is 2.42 bits per heavy atom. The predicted octanol–water partition coefficient (Wildman–Crippen LogP) is 4.59. The molecule has 1 saturated heterocycles. The van der Waals surface area contributed by atoms with Crippen LogP contribution in [0.5, 0.6) is 0 Å². The smallest absolute Gasteiger partial charge is 0.252 e. The SMILES string of the molecule is O=C(C[C@@H]1OCCN(Cc2ccccc2)C1=O)Nc1ccccc1Sc1ccccc1. The summed E-state index contributed by atoms with van der Waals surface area (Å²) in [6.45, 7) is 1.48. The number of para-hydroxylation sites is 1. The molecule has 4 rings (SSSR count). The van der Waals surface area contributed by atoms with Crippen LogP contribution in [0.4, 0.5) is 5.69 Å². The Morgan fingerprint density at radius 2 is 1.65 bits per heavy atom. The molecule has 31 heavy (non-hydrogen) atoms. The molecule has 0 saturated carbocycles. The maximum atomic E-state index is 12.8. The van der Waals surface area contributed by atoms with Gasteiger partial charge in [0.05, 0.1) is 18.7 Å². The molecule has 3 aromatic carbocycles. The van der Waals surface area contributed by atoms with Crippen LogP contribution in [0.15, 0.2) is 94.7 Å². The molecule has 0 bridgehead atoms. The van der Waals surface area contributed by atoms with Crippen molar-refractivity contribution in [3.05, 3.63) is 90.5 Å². The molecule has 1 aliphatic heterocycles. The summed E-state index contributed by atoms with van der Waals surface area (Å²) in [7, 11) is 0. The van der Waals surface area contributed by atoms with E-state index in [9.17, 15) is 9.59 Å². The lowest BCUT2D eigenvalue weighted by atomic mass is 10.1. The van der Waals surface area contributed by atoms with Crippen molar-refractivity contribution >= 4 is 29.3 Å². The van der Waals surface area contributed by atoms with Gasteiger partial charge in [-0.25, -0.2) is 0 Å². The van der Waals surface area contributed by atoms with Gasteiger partial charge in [-0.15, -0.1) is 0 Å². The van der Waals surface area contributed by atoms with Gasteiger partial charge in [-0.05, 0) is 29.8 Å². The van der Waals surface area contributed by atoms with Crippen LogP contribution in [0.25, 0.3) is 0 Å². The van der Waals surface area contributed by atoms with E-state index in [4.69, 9.17) is 4.74 Å². The molecular formula is C25H24N2O3S. The van der Waals surface area contributed by atoms with Crippen LogP contribution in [0.2, 0.25) is 0 Å². The van der Waals surface area contributed by atoms with Crippen LogP contribution < -0.4 is 5.32 Å². The van der Waals surface area contributed by atoms with Gasteiger partial charge in [0.15, 0.2) is 0 Å². The summed E-state index contributed by atoms with van der Waals surface area (Å²) in [6.07, 6.45) is -0.763. The number of benzene rings is 3. The van der Waals surface area contributed by atoms with Crippen LogP contribution in [0.1, 0.15) is 12.0 Å². The van der Waals surface area contributed by atoms with Crippen LogP contribution in [0.3, 0.4) is 0 Å². The Kier molecular flexibility index (Phi) is 7.02. The number of hydrogen-bond donors (Lipinski definition) is 1. The first kappa shape index (κ1) is 21.2. The zero-order valence-electron chi connectivity index (χ0n) is 17.1. The monoisotopic (exact) mass is 432 g/mol. The molecule has 1 fully saturated rings. The van der Waals surface area contributed by atoms with Crippen molar-refractivity contribution in [3.63, 3.8) is 0 Å². The number of ether oxygens (including phenoxy) is 1. The fourth-order valence-corrected chi connectivity index (χ4v) is 4.36. The van der Waals surface area contributed by atoms with Crippen LogP contribution in [-0.2, 0) is 20.9 Å². The van der Waals surface area contributed by atoms with Crippen molar-refractivity contribution in [2.75, 3.05) is 18.5 Å². The second kappa shape index (κ2) is 10.3. The highest BCUT2D eigenvalue weighted by Crippen LogP contribution is 2.33. The normalized spacial score (nSPS) is 16.2. The van der Waals surface area contributed by atoms with E-state index in [1.54, 1.807) is 16.7 Å². The van der Waals surface area contributed by atoms with E-state index in [-0.39, 0.29) is 18.2 Å². The number of rotatable bonds is 7. The molecule has 0 unspecified atom stereocenters. The molecule has 1 aliphatic rings. The number of nitrogens with one attached hydrogen (secondary N) is 1. The van der Waals surface area contributed by atoms with Crippen molar-refractivity contribution in [1.82, 2.24) is 4.90 Å². The molecule has 1 atom stereocenters. The van der Waals surface area contributed by atoms with Crippen molar-refractivity contribution in [2.24, 2.45) is 0 Å². The highest BCUT2D eigenvalue weighted by molar-refractivity contribution is 7.99. The molecule has 5 nitrogen and oxygen atoms in total. The molecular weight excluding hydrogens is 408 g/mol. The lowest BCUT2D eigenvalue weighted by Crippen LogP contribution is -2.48. The Labute approximate surface area is 186 Å². The summed E-state index contributed by atoms with van der Waals surface area (Å²) in [6, 6.07) is 27.5. The Bertz CT molecular complexity index is 1030. The number of carbonyl (C=O) groups excluding carboxylic acids is 2. The standard InChI is InChI=1S/C25H24N2O3S/c28-24(26-21-13-7-8-14-23(21)31-20-11-5-2-6-12-20)17-22-25(29)27(15-16-30-22)18-19-9-3-1-4-10-19/h1-14,22H,15-18H2,(H,26,28)/t22-/m0/s1. The first-order chi connectivity index (χ1) is 15.2. The molecule has 6 heteroatoms. The minimum Gasteiger partial charge on any atom is -0.366 e. The molecule has 0 aliphatic carbocycles. The number of carbonyl (C=O) groups is 2. The number of nitrogens with zero attached hydrogens (tertiary/aromatic N) is 1.